The fourth-order valence-electron chi connectivity index (χ4n) is 4.02. The lowest BCUT2D eigenvalue weighted by molar-refractivity contribution is 0.0535. The van der Waals surface area contributed by atoms with Gasteiger partial charge in [-0.05, 0) is 73.5 Å². The number of methoxy groups -OCH3 is 1. The van der Waals surface area contributed by atoms with Crippen molar-refractivity contribution in [1.29, 1.82) is 0 Å². The molecule has 6 heteroatoms. The fourth-order valence-corrected chi connectivity index (χ4v) is 4.02. The standard InChI is InChI=1S/C23H27N3O3/c1-29-21-6-4-18(5-7-21)22(27)25-12-14-26(15-13-25)23(28)20-3-2-17-8-10-24-11-9-19(17)16-20/h2-7,16,24H,8-15H2,1H3. The number of fused-ring (bicyclic) bond motifs is 1. The number of hydrogen-bond acceptors (Lipinski definition) is 4. The van der Waals surface area contributed by atoms with Crippen molar-refractivity contribution in [2.24, 2.45) is 0 Å². The molecule has 6 nitrogen and oxygen atoms in total. The zero-order valence-corrected chi connectivity index (χ0v) is 16.8. The van der Waals surface area contributed by atoms with Crippen molar-refractivity contribution in [3.63, 3.8) is 0 Å². The van der Waals surface area contributed by atoms with Gasteiger partial charge >= 0.3 is 0 Å². The van der Waals surface area contributed by atoms with Gasteiger partial charge in [-0.3, -0.25) is 9.59 Å². The lowest BCUT2D eigenvalue weighted by atomic mass is 9.99. The predicted octanol–water partition coefficient (Wildman–Crippen LogP) is 1.98. The molecule has 0 aliphatic carbocycles. The van der Waals surface area contributed by atoms with Crippen LogP contribution in [0, 0.1) is 0 Å². The van der Waals surface area contributed by atoms with Gasteiger partial charge in [0.2, 0.25) is 0 Å². The van der Waals surface area contributed by atoms with E-state index in [0.717, 1.165) is 37.2 Å². The molecular weight excluding hydrogens is 366 g/mol. The van der Waals surface area contributed by atoms with Crippen molar-refractivity contribution < 1.29 is 14.3 Å². The summed E-state index contributed by atoms with van der Waals surface area (Å²) in [6.45, 7) is 4.15. The summed E-state index contributed by atoms with van der Waals surface area (Å²) in [6.07, 6.45) is 1.97. The van der Waals surface area contributed by atoms with Gasteiger partial charge in [-0.15, -0.1) is 0 Å². The van der Waals surface area contributed by atoms with Crippen LogP contribution in [0.15, 0.2) is 42.5 Å². The lowest BCUT2D eigenvalue weighted by Gasteiger charge is -2.35. The van der Waals surface area contributed by atoms with Gasteiger partial charge in [0.1, 0.15) is 5.75 Å². The van der Waals surface area contributed by atoms with E-state index in [-0.39, 0.29) is 11.8 Å². The maximum Gasteiger partial charge on any atom is 0.253 e. The number of nitrogens with zero attached hydrogens (tertiary/aromatic N) is 2. The summed E-state index contributed by atoms with van der Waals surface area (Å²) in [5.74, 6) is 0.785. The summed E-state index contributed by atoms with van der Waals surface area (Å²) in [5, 5.41) is 3.40. The molecule has 2 aromatic rings. The molecule has 0 spiro atoms. The average Bonchev–Trinajstić information content (AvgIpc) is 3.03. The first-order chi connectivity index (χ1) is 14.2. The van der Waals surface area contributed by atoms with E-state index in [1.807, 2.05) is 15.9 Å². The number of nitrogens with one attached hydrogen (secondary N) is 1. The van der Waals surface area contributed by atoms with E-state index in [0.29, 0.717) is 31.7 Å². The Labute approximate surface area is 171 Å². The van der Waals surface area contributed by atoms with Crippen molar-refractivity contribution in [2.75, 3.05) is 46.4 Å². The summed E-state index contributed by atoms with van der Waals surface area (Å²) >= 11 is 0. The molecule has 0 saturated carbocycles. The molecule has 4 rings (SSSR count). The van der Waals surface area contributed by atoms with Crippen LogP contribution in [0.2, 0.25) is 0 Å². The second-order valence-corrected chi connectivity index (χ2v) is 7.55. The molecule has 152 valence electrons. The van der Waals surface area contributed by atoms with Crippen LogP contribution in [-0.2, 0) is 12.8 Å². The molecule has 0 radical (unpaired) electrons. The Morgan fingerprint density at radius 2 is 1.34 bits per heavy atom. The van der Waals surface area contributed by atoms with Crippen molar-refractivity contribution in [1.82, 2.24) is 15.1 Å². The molecule has 2 aliphatic heterocycles. The molecule has 0 bridgehead atoms. The smallest absolute Gasteiger partial charge is 0.253 e. The summed E-state index contributed by atoms with van der Waals surface area (Å²) in [4.78, 5) is 29.4. The van der Waals surface area contributed by atoms with E-state index in [4.69, 9.17) is 4.74 Å². The zero-order chi connectivity index (χ0) is 20.2. The number of rotatable bonds is 3. The number of hydrogen-bond donors (Lipinski definition) is 1. The highest BCUT2D eigenvalue weighted by atomic mass is 16.5. The number of amides is 2. The summed E-state index contributed by atoms with van der Waals surface area (Å²) in [5.41, 5.74) is 4.00. The molecule has 2 amide bonds. The normalized spacial score (nSPS) is 16.7. The Morgan fingerprint density at radius 1 is 0.793 bits per heavy atom. The minimum absolute atomic E-state index is 0.00252. The Hall–Kier alpha value is -2.86. The van der Waals surface area contributed by atoms with E-state index in [9.17, 15) is 9.59 Å². The fraction of sp³-hybridized carbons (Fsp3) is 0.391. The lowest BCUT2D eigenvalue weighted by Crippen LogP contribution is -2.50. The largest absolute Gasteiger partial charge is 0.497 e. The molecule has 0 atom stereocenters. The summed E-state index contributed by atoms with van der Waals surface area (Å²) < 4.78 is 5.15. The quantitative estimate of drug-likeness (QED) is 0.866. The first-order valence-electron chi connectivity index (χ1n) is 10.2. The van der Waals surface area contributed by atoms with E-state index in [1.54, 1.807) is 31.4 Å². The van der Waals surface area contributed by atoms with E-state index < -0.39 is 0 Å². The molecule has 2 aliphatic rings. The first-order valence-corrected chi connectivity index (χ1v) is 10.2. The molecule has 1 fully saturated rings. The van der Waals surface area contributed by atoms with Gasteiger partial charge in [0.15, 0.2) is 0 Å². The molecule has 29 heavy (non-hydrogen) atoms. The number of piperazine rings is 1. The molecule has 2 aromatic carbocycles. The highest BCUT2D eigenvalue weighted by Crippen LogP contribution is 2.19. The van der Waals surface area contributed by atoms with Crippen LogP contribution in [0.25, 0.3) is 0 Å². The van der Waals surface area contributed by atoms with Gasteiger partial charge in [0.25, 0.3) is 11.8 Å². The third-order valence-corrected chi connectivity index (χ3v) is 5.79. The maximum absolute atomic E-state index is 13.0. The van der Waals surface area contributed by atoms with Crippen molar-refractivity contribution in [3.8, 4) is 5.75 Å². The van der Waals surface area contributed by atoms with E-state index in [1.165, 1.54) is 11.1 Å². The maximum atomic E-state index is 13.0. The number of benzene rings is 2. The van der Waals surface area contributed by atoms with Gasteiger partial charge in [-0.1, -0.05) is 6.07 Å². The van der Waals surface area contributed by atoms with Crippen LogP contribution in [-0.4, -0.2) is 68.0 Å². The second kappa shape index (κ2) is 8.66. The number of carbonyl (C=O) groups excluding carboxylic acids is 2. The average molecular weight is 393 g/mol. The molecular formula is C23H27N3O3. The zero-order valence-electron chi connectivity index (χ0n) is 16.8. The highest BCUT2D eigenvalue weighted by Gasteiger charge is 2.26. The number of carbonyl (C=O) groups is 2. The van der Waals surface area contributed by atoms with Crippen LogP contribution >= 0.6 is 0 Å². The van der Waals surface area contributed by atoms with Gasteiger partial charge in [-0.2, -0.15) is 0 Å². The Morgan fingerprint density at radius 3 is 1.97 bits per heavy atom. The monoisotopic (exact) mass is 393 g/mol. The molecule has 2 heterocycles. The van der Waals surface area contributed by atoms with Crippen molar-refractivity contribution in [3.05, 3.63) is 64.7 Å². The SMILES string of the molecule is COc1ccc(C(=O)N2CCN(C(=O)c3ccc4c(c3)CCNCC4)CC2)cc1. The number of ether oxygens (including phenoxy) is 1. The minimum atomic E-state index is -0.00252. The molecule has 0 unspecified atom stereocenters. The van der Waals surface area contributed by atoms with Crippen LogP contribution in [0.5, 0.6) is 5.75 Å². The minimum Gasteiger partial charge on any atom is -0.497 e. The van der Waals surface area contributed by atoms with E-state index >= 15 is 0 Å². The Bertz CT molecular complexity index is 887. The predicted molar refractivity (Wildman–Crippen MR) is 112 cm³/mol. The van der Waals surface area contributed by atoms with Gasteiger partial charge in [-0.25, -0.2) is 0 Å². The van der Waals surface area contributed by atoms with Crippen molar-refractivity contribution in [2.45, 2.75) is 12.8 Å². The molecule has 1 N–H and O–H groups in total. The van der Waals surface area contributed by atoms with Crippen LogP contribution in [0.3, 0.4) is 0 Å². The Kier molecular flexibility index (Phi) is 5.81. The Balaban J connectivity index is 1.38. The van der Waals surface area contributed by atoms with E-state index in [2.05, 4.69) is 17.4 Å². The highest BCUT2D eigenvalue weighted by molar-refractivity contribution is 5.96. The second-order valence-electron chi connectivity index (χ2n) is 7.55. The molecule has 0 aromatic heterocycles. The topological polar surface area (TPSA) is 61.9 Å². The third-order valence-electron chi connectivity index (χ3n) is 5.79. The van der Waals surface area contributed by atoms with Gasteiger partial charge < -0.3 is 19.9 Å². The van der Waals surface area contributed by atoms with Crippen LogP contribution < -0.4 is 10.1 Å². The van der Waals surface area contributed by atoms with Crippen LogP contribution in [0.1, 0.15) is 31.8 Å². The van der Waals surface area contributed by atoms with Gasteiger partial charge in [0, 0.05) is 37.3 Å². The van der Waals surface area contributed by atoms with Gasteiger partial charge in [0.05, 0.1) is 7.11 Å². The molecule has 1 saturated heterocycles. The van der Waals surface area contributed by atoms with Crippen LogP contribution in [0.4, 0.5) is 0 Å². The summed E-state index contributed by atoms with van der Waals surface area (Å²) in [7, 11) is 1.61. The van der Waals surface area contributed by atoms with Crippen molar-refractivity contribution >= 4 is 11.8 Å². The third kappa shape index (κ3) is 4.27. The summed E-state index contributed by atoms with van der Waals surface area (Å²) in [6, 6.07) is 13.2. The first kappa shape index (κ1) is 19.5.